The highest BCUT2D eigenvalue weighted by Crippen LogP contribution is 2.46. The number of hydrogen-bond donors (Lipinski definition) is 0. The summed E-state index contributed by atoms with van der Waals surface area (Å²) in [7, 11) is 0. The molecule has 1 heterocycles. The Bertz CT molecular complexity index is 839. The van der Waals surface area contributed by atoms with Crippen molar-refractivity contribution in [2.24, 2.45) is 5.92 Å². The van der Waals surface area contributed by atoms with Crippen molar-refractivity contribution in [2.45, 2.75) is 31.0 Å². The SMILES string of the molecule is CC(=O)C[C@@H]1[C@@]2([N+](=O)[O-])C=CC(=O)[C@]1([N+](=O)[O-])CN(Cc1ccccc1)C2. The van der Waals surface area contributed by atoms with Gasteiger partial charge < -0.3 is 4.79 Å². The lowest BCUT2D eigenvalue weighted by Gasteiger charge is -2.48. The zero-order valence-electron chi connectivity index (χ0n) is 14.7. The molecule has 9 heteroatoms. The first-order chi connectivity index (χ1) is 12.7. The van der Waals surface area contributed by atoms with Crippen molar-refractivity contribution in [1.82, 2.24) is 4.90 Å². The van der Waals surface area contributed by atoms with Crippen LogP contribution in [-0.2, 0) is 16.1 Å². The van der Waals surface area contributed by atoms with Gasteiger partial charge in [0.15, 0.2) is 0 Å². The molecule has 0 amide bonds. The number of carbonyl (C=O) groups is 2. The van der Waals surface area contributed by atoms with E-state index in [0.717, 1.165) is 17.7 Å². The first kappa shape index (κ1) is 18.8. The summed E-state index contributed by atoms with van der Waals surface area (Å²) in [6.07, 6.45) is 1.70. The molecule has 3 rings (SSSR count). The molecule has 27 heavy (non-hydrogen) atoms. The van der Waals surface area contributed by atoms with Crippen LogP contribution in [-0.4, -0.2) is 50.5 Å². The highest BCUT2D eigenvalue weighted by atomic mass is 16.6. The van der Waals surface area contributed by atoms with E-state index in [1.165, 1.54) is 6.92 Å². The third-order valence-electron chi connectivity index (χ3n) is 5.48. The van der Waals surface area contributed by atoms with Gasteiger partial charge in [0.2, 0.25) is 5.78 Å². The molecule has 142 valence electrons. The van der Waals surface area contributed by atoms with Crippen LogP contribution in [0.25, 0.3) is 0 Å². The minimum Gasteiger partial charge on any atom is -0.300 e. The fraction of sp³-hybridized carbons (Fsp3) is 0.444. The molecule has 2 aliphatic rings. The second kappa shape index (κ2) is 6.66. The number of Topliss-reactive ketones (excluding diaryl/α,β-unsaturated/α-hetero) is 1. The number of hydrogen-bond acceptors (Lipinski definition) is 7. The Kier molecular flexibility index (Phi) is 4.64. The minimum absolute atomic E-state index is 0.105. The average Bonchev–Trinajstić information content (AvgIpc) is 2.59. The Morgan fingerprint density at radius 1 is 1.19 bits per heavy atom. The van der Waals surface area contributed by atoms with Crippen molar-refractivity contribution >= 4 is 11.6 Å². The van der Waals surface area contributed by atoms with Crippen LogP contribution in [0.2, 0.25) is 0 Å². The predicted octanol–water partition coefficient (Wildman–Crippen LogP) is 1.27. The molecule has 1 aromatic carbocycles. The summed E-state index contributed by atoms with van der Waals surface area (Å²) in [5.74, 6) is -2.54. The van der Waals surface area contributed by atoms with Crippen LogP contribution < -0.4 is 0 Å². The van der Waals surface area contributed by atoms with Gasteiger partial charge in [-0.3, -0.25) is 29.9 Å². The van der Waals surface area contributed by atoms with Crippen LogP contribution in [0.4, 0.5) is 0 Å². The van der Waals surface area contributed by atoms with E-state index in [0.29, 0.717) is 0 Å². The lowest BCUT2D eigenvalue weighted by atomic mass is 9.61. The summed E-state index contributed by atoms with van der Waals surface area (Å²) in [4.78, 5) is 48.7. The smallest absolute Gasteiger partial charge is 0.300 e. The monoisotopic (exact) mass is 373 g/mol. The molecule has 1 aliphatic heterocycles. The van der Waals surface area contributed by atoms with Crippen molar-refractivity contribution in [1.29, 1.82) is 0 Å². The maximum Gasteiger partial charge on any atom is 0.305 e. The Labute approximate surface area is 154 Å². The Morgan fingerprint density at radius 2 is 1.85 bits per heavy atom. The van der Waals surface area contributed by atoms with Crippen LogP contribution in [0.1, 0.15) is 18.9 Å². The zero-order chi connectivity index (χ0) is 19.8. The Morgan fingerprint density at radius 3 is 2.41 bits per heavy atom. The maximum absolute atomic E-state index is 12.6. The van der Waals surface area contributed by atoms with Crippen LogP contribution in [0, 0.1) is 26.1 Å². The van der Waals surface area contributed by atoms with Crippen molar-refractivity contribution in [2.75, 3.05) is 13.1 Å². The van der Waals surface area contributed by atoms with Gasteiger partial charge in [0.1, 0.15) is 11.7 Å². The minimum atomic E-state index is -2.21. The second-order valence-corrected chi connectivity index (χ2v) is 7.22. The van der Waals surface area contributed by atoms with Gasteiger partial charge in [-0.25, -0.2) is 0 Å². The maximum atomic E-state index is 12.6. The number of rotatable bonds is 6. The molecule has 3 atom stereocenters. The predicted molar refractivity (Wildman–Crippen MR) is 94.1 cm³/mol. The number of fused-ring (bicyclic) bond motifs is 2. The molecule has 0 saturated carbocycles. The summed E-state index contributed by atoms with van der Waals surface area (Å²) in [5.41, 5.74) is -3.24. The molecule has 1 aliphatic carbocycles. The lowest BCUT2D eigenvalue weighted by Crippen LogP contribution is -2.75. The molecule has 2 bridgehead atoms. The van der Waals surface area contributed by atoms with E-state index in [1.807, 2.05) is 18.2 Å². The third-order valence-corrected chi connectivity index (χ3v) is 5.48. The molecular formula is C18H19N3O6. The van der Waals surface area contributed by atoms with Crippen LogP contribution in [0.5, 0.6) is 0 Å². The van der Waals surface area contributed by atoms with Crippen molar-refractivity contribution in [3.05, 3.63) is 68.3 Å². The van der Waals surface area contributed by atoms with Crippen molar-refractivity contribution in [3.63, 3.8) is 0 Å². The van der Waals surface area contributed by atoms with Gasteiger partial charge in [0, 0.05) is 22.8 Å². The molecule has 9 nitrogen and oxygen atoms in total. The summed E-state index contributed by atoms with van der Waals surface area (Å²) in [5, 5.41) is 24.1. The molecule has 1 fully saturated rings. The largest absolute Gasteiger partial charge is 0.305 e. The van der Waals surface area contributed by atoms with Crippen LogP contribution in [0.15, 0.2) is 42.5 Å². The third kappa shape index (κ3) is 2.93. The first-order valence-corrected chi connectivity index (χ1v) is 8.51. The summed E-state index contributed by atoms with van der Waals surface area (Å²) >= 11 is 0. The summed E-state index contributed by atoms with van der Waals surface area (Å²) in [6, 6.07) is 9.05. The van der Waals surface area contributed by atoms with Gasteiger partial charge in [-0.2, -0.15) is 0 Å². The molecule has 0 aromatic heterocycles. The lowest BCUT2D eigenvalue weighted by molar-refractivity contribution is -0.624. The number of piperidine rings is 1. The fourth-order valence-corrected chi connectivity index (χ4v) is 4.28. The zero-order valence-corrected chi connectivity index (χ0v) is 14.7. The standard InChI is InChI=1S/C18H19N3O6/c1-13(22)9-15-17(20(24)25)8-7-16(23)18(15,21(26)27)12-19(11-17)10-14-5-3-2-4-6-14/h2-8,15H,9-12H2,1H3/t15-,17-,18+/m1/s1. The normalized spacial score (nSPS) is 30.1. The number of ketones is 2. The summed E-state index contributed by atoms with van der Waals surface area (Å²) < 4.78 is 0. The quantitative estimate of drug-likeness (QED) is 0.543. The van der Waals surface area contributed by atoms with E-state index in [9.17, 15) is 29.8 Å². The summed E-state index contributed by atoms with van der Waals surface area (Å²) in [6.45, 7) is 1.08. The molecule has 0 spiro atoms. The highest BCUT2D eigenvalue weighted by Gasteiger charge is 2.73. The van der Waals surface area contributed by atoms with Gasteiger partial charge in [0.25, 0.3) is 5.54 Å². The topological polar surface area (TPSA) is 124 Å². The van der Waals surface area contributed by atoms with Gasteiger partial charge in [-0.05, 0) is 24.6 Å². The number of carbonyl (C=O) groups excluding carboxylic acids is 2. The van der Waals surface area contributed by atoms with E-state index in [1.54, 1.807) is 17.0 Å². The van der Waals surface area contributed by atoms with Gasteiger partial charge in [-0.1, -0.05) is 30.3 Å². The molecule has 1 saturated heterocycles. The Hall–Kier alpha value is -2.94. The number of benzene rings is 1. The first-order valence-electron chi connectivity index (χ1n) is 8.51. The van der Waals surface area contributed by atoms with Crippen molar-refractivity contribution in [3.8, 4) is 0 Å². The molecule has 0 radical (unpaired) electrons. The number of nitro groups is 2. The Balaban J connectivity index is 2.11. The highest BCUT2D eigenvalue weighted by molar-refractivity contribution is 5.99. The van der Waals surface area contributed by atoms with Crippen LogP contribution in [0.3, 0.4) is 0 Å². The van der Waals surface area contributed by atoms with Gasteiger partial charge >= 0.3 is 5.54 Å². The van der Waals surface area contributed by atoms with E-state index in [2.05, 4.69) is 0 Å². The molecule has 1 aromatic rings. The van der Waals surface area contributed by atoms with Crippen LogP contribution >= 0.6 is 0 Å². The average molecular weight is 373 g/mol. The fourth-order valence-electron chi connectivity index (χ4n) is 4.28. The van der Waals surface area contributed by atoms with E-state index < -0.39 is 44.8 Å². The molecule has 0 N–H and O–H groups in total. The van der Waals surface area contributed by atoms with E-state index >= 15 is 0 Å². The van der Waals surface area contributed by atoms with Crippen molar-refractivity contribution < 1.29 is 19.4 Å². The van der Waals surface area contributed by atoms with Gasteiger partial charge in [-0.15, -0.1) is 0 Å². The van der Waals surface area contributed by atoms with E-state index in [-0.39, 0.29) is 19.6 Å². The number of likely N-dealkylation sites (tertiary alicyclic amines) is 1. The van der Waals surface area contributed by atoms with Gasteiger partial charge in [0.05, 0.1) is 13.1 Å². The number of nitrogens with zero attached hydrogens (tertiary/aromatic N) is 3. The second-order valence-electron chi connectivity index (χ2n) is 7.22. The molecule has 0 unspecified atom stereocenters. The van der Waals surface area contributed by atoms with E-state index in [4.69, 9.17) is 0 Å². The molecular weight excluding hydrogens is 354 g/mol.